The van der Waals surface area contributed by atoms with Gasteiger partial charge in [-0.15, -0.1) is 0 Å². The third-order valence-electron chi connectivity index (χ3n) is 5.45. The molecule has 10 nitrogen and oxygen atoms in total. The largest absolute Gasteiger partial charge is 0.322 e. The first kappa shape index (κ1) is 23.2. The van der Waals surface area contributed by atoms with Crippen LogP contribution in [-0.2, 0) is 13.1 Å². The number of carbonyl (C=O) groups excluding carboxylic acids is 2. The maximum Gasteiger partial charge on any atom is 0.322 e. The summed E-state index contributed by atoms with van der Waals surface area (Å²) in [6.07, 6.45) is 0. The van der Waals surface area contributed by atoms with E-state index in [2.05, 4.69) is 21.1 Å². The summed E-state index contributed by atoms with van der Waals surface area (Å²) < 4.78 is 1.67. The second-order valence-corrected chi connectivity index (χ2v) is 8.44. The summed E-state index contributed by atoms with van der Waals surface area (Å²) in [6, 6.07) is 12.8. The standard InChI is InChI=1S/C22H18Cl2N8O2/c1-12-10-32-18(11-31(12)22(34)27-15-5-2-13(9-25)3-6-15)19(21(33)28-30-26)20(29-32)14-4-7-16(23)17(24)8-14/h2-8,12H,10-11H2,1H3,(H,27,34)(H2,26,28,33). The number of rotatable bonds is 4. The third-order valence-corrected chi connectivity index (χ3v) is 6.19. The smallest absolute Gasteiger partial charge is 0.314 e. The molecular weight excluding hydrogens is 479 g/mol. The molecule has 0 radical (unpaired) electrons. The average Bonchev–Trinajstić information content (AvgIpc) is 3.19. The van der Waals surface area contributed by atoms with E-state index in [9.17, 15) is 9.59 Å². The Hall–Kier alpha value is -3.94. The molecule has 0 saturated heterocycles. The van der Waals surface area contributed by atoms with Gasteiger partial charge in [-0.1, -0.05) is 34.5 Å². The highest BCUT2D eigenvalue weighted by atomic mass is 35.5. The minimum Gasteiger partial charge on any atom is -0.314 e. The number of nitrogens with one attached hydrogen (secondary N) is 3. The van der Waals surface area contributed by atoms with E-state index in [1.165, 1.54) is 0 Å². The third kappa shape index (κ3) is 4.44. The molecule has 0 fully saturated rings. The molecular formula is C22H18Cl2N8O2. The number of urea groups is 1. The summed E-state index contributed by atoms with van der Waals surface area (Å²) in [4.78, 5) is 27.5. The van der Waals surface area contributed by atoms with Crippen LogP contribution in [0.5, 0.6) is 0 Å². The lowest BCUT2D eigenvalue weighted by atomic mass is 10.0. The molecule has 1 aliphatic heterocycles. The van der Waals surface area contributed by atoms with Crippen LogP contribution in [0, 0.1) is 16.9 Å². The Morgan fingerprint density at radius 1 is 1.21 bits per heavy atom. The molecule has 4 rings (SSSR count). The predicted octanol–water partition coefficient (Wildman–Crippen LogP) is 4.84. The van der Waals surface area contributed by atoms with Crippen molar-refractivity contribution in [1.82, 2.24) is 20.1 Å². The minimum atomic E-state index is -0.626. The molecule has 1 atom stereocenters. The summed E-state index contributed by atoms with van der Waals surface area (Å²) in [6.45, 7) is 2.31. The number of nitriles is 1. The van der Waals surface area contributed by atoms with Gasteiger partial charge in [0.05, 0.1) is 52.1 Å². The van der Waals surface area contributed by atoms with Gasteiger partial charge >= 0.3 is 6.03 Å². The number of carbonyl (C=O) groups is 2. The van der Waals surface area contributed by atoms with Gasteiger partial charge in [0.15, 0.2) is 0 Å². The number of nitrogens with zero attached hydrogens (tertiary/aromatic N) is 5. The summed E-state index contributed by atoms with van der Waals surface area (Å²) >= 11 is 12.2. The summed E-state index contributed by atoms with van der Waals surface area (Å²) in [5.74, 6) is -0.626. The molecule has 2 aromatic carbocycles. The fourth-order valence-electron chi connectivity index (χ4n) is 3.76. The monoisotopic (exact) mass is 496 g/mol. The predicted molar refractivity (Wildman–Crippen MR) is 125 cm³/mol. The highest BCUT2D eigenvalue weighted by Crippen LogP contribution is 2.33. The number of hydrogen-bond acceptors (Lipinski definition) is 6. The van der Waals surface area contributed by atoms with Crippen LogP contribution in [0.15, 0.2) is 47.7 Å². The fraction of sp³-hybridized carbons (Fsp3) is 0.182. The topological polar surface area (TPSA) is 139 Å². The van der Waals surface area contributed by atoms with Crippen molar-refractivity contribution in [3.63, 3.8) is 0 Å². The van der Waals surface area contributed by atoms with E-state index >= 15 is 0 Å². The van der Waals surface area contributed by atoms with Crippen LogP contribution in [0.4, 0.5) is 10.5 Å². The maximum absolute atomic E-state index is 13.0. The van der Waals surface area contributed by atoms with Crippen LogP contribution in [0.25, 0.3) is 11.3 Å². The van der Waals surface area contributed by atoms with Crippen LogP contribution < -0.4 is 10.7 Å². The number of amides is 3. The van der Waals surface area contributed by atoms with Gasteiger partial charge in [0.1, 0.15) is 5.69 Å². The number of fused-ring (bicyclic) bond motifs is 1. The van der Waals surface area contributed by atoms with Crippen molar-refractivity contribution in [2.24, 2.45) is 5.22 Å². The lowest BCUT2D eigenvalue weighted by Gasteiger charge is -2.34. The van der Waals surface area contributed by atoms with E-state index in [0.717, 1.165) is 0 Å². The zero-order chi connectivity index (χ0) is 24.4. The van der Waals surface area contributed by atoms with Crippen LogP contribution in [-0.4, -0.2) is 32.7 Å². The molecule has 0 bridgehead atoms. The van der Waals surface area contributed by atoms with Gasteiger partial charge in [-0.3, -0.25) is 9.48 Å². The second kappa shape index (κ2) is 9.51. The highest BCUT2D eigenvalue weighted by molar-refractivity contribution is 6.42. The maximum atomic E-state index is 13.0. The van der Waals surface area contributed by atoms with E-state index in [-0.39, 0.29) is 24.2 Å². The lowest BCUT2D eigenvalue weighted by molar-refractivity contribution is 0.0945. The van der Waals surface area contributed by atoms with Crippen LogP contribution in [0.1, 0.15) is 28.5 Å². The zero-order valence-electron chi connectivity index (χ0n) is 17.8. The second-order valence-electron chi connectivity index (χ2n) is 7.63. The van der Waals surface area contributed by atoms with Crippen molar-refractivity contribution in [1.29, 1.82) is 10.8 Å². The SMILES string of the molecule is CC1Cn2nc(-c3ccc(Cl)c(Cl)c3)c(C(=O)NN=N)c2CN1C(=O)Nc1ccc(C#N)cc1. The number of hydrogen-bond donors (Lipinski definition) is 3. The molecule has 0 aliphatic carbocycles. The fourth-order valence-corrected chi connectivity index (χ4v) is 4.06. The Balaban J connectivity index is 1.69. The van der Waals surface area contributed by atoms with Gasteiger partial charge in [0.25, 0.3) is 5.91 Å². The molecule has 172 valence electrons. The molecule has 1 aliphatic rings. The van der Waals surface area contributed by atoms with E-state index in [1.54, 1.807) is 52.0 Å². The Kier molecular flexibility index (Phi) is 6.49. The Bertz CT molecular complexity index is 1330. The molecule has 0 spiro atoms. The lowest BCUT2D eigenvalue weighted by Crippen LogP contribution is -2.47. The van der Waals surface area contributed by atoms with Crippen LogP contribution >= 0.6 is 23.2 Å². The van der Waals surface area contributed by atoms with Crippen LogP contribution in [0.3, 0.4) is 0 Å². The first-order chi connectivity index (χ1) is 16.3. The number of anilines is 1. The normalized spacial score (nSPS) is 14.6. The van der Waals surface area contributed by atoms with E-state index in [0.29, 0.717) is 44.8 Å². The first-order valence-corrected chi connectivity index (χ1v) is 10.9. The molecule has 0 saturated carbocycles. The van der Waals surface area contributed by atoms with Crippen molar-refractivity contribution in [2.75, 3.05) is 5.32 Å². The van der Waals surface area contributed by atoms with Crippen molar-refractivity contribution >= 4 is 40.8 Å². The van der Waals surface area contributed by atoms with Gasteiger partial charge in [-0.25, -0.2) is 10.2 Å². The Morgan fingerprint density at radius 2 is 1.94 bits per heavy atom. The molecule has 3 N–H and O–H groups in total. The molecule has 1 aromatic heterocycles. The molecule has 2 heterocycles. The molecule has 3 aromatic rings. The minimum absolute atomic E-state index is 0.0956. The van der Waals surface area contributed by atoms with Gasteiger partial charge < -0.3 is 10.2 Å². The first-order valence-electron chi connectivity index (χ1n) is 10.1. The van der Waals surface area contributed by atoms with Crippen molar-refractivity contribution < 1.29 is 9.59 Å². The van der Waals surface area contributed by atoms with Gasteiger partial charge in [0.2, 0.25) is 0 Å². The summed E-state index contributed by atoms with van der Waals surface area (Å²) in [5.41, 5.74) is 11.8. The summed E-state index contributed by atoms with van der Waals surface area (Å²) in [7, 11) is 0. The molecule has 1 unspecified atom stereocenters. The van der Waals surface area contributed by atoms with E-state index < -0.39 is 5.91 Å². The highest BCUT2D eigenvalue weighted by Gasteiger charge is 2.34. The number of benzene rings is 2. The van der Waals surface area contributed by atoms with Crippen molar-refractivity contribution in [2.45, 2.75) is 26.1 Å². The van der Waals surface area contributed by atoms with E-state index in [1.807, 2.05) is 13.0 Å². The number of halogens is 2. The van der Waals surface area contributed by atoms with Crippen LogP contribution in [0.2, 0.25) is 10.0 Å². The molecule has 12 heteroatoms. The Labute approximate surface area is 204 Å². The summed E-state index contributed by atoms with van der Waals surface area (Å²) in [5, 5.41) is 20.0. The zero-order valence-corrected chi connectivity index (χ0v) is 19.4. The van der Waals surface area contributed by atoms with Crippen molar-refractivity contribution in [3.8, 4) is 17.3 Å². The molecule has 3 amide bonds. The Morgan fingerprint density at radius 3 is 2.59 bits per heavy atom. The number of aromatic nitrogens is 2. The molecule has 34 heavy (non-hydrogen) atoms. The quantitative estimate of drug-likeness (QED) is 0.351. The van der Waals surface area contributed by atoms with E-state index in [4.69, 9.17) is 34.0 Å². The van der Waals surface area contributed by atoms with Gasteiger partial charge in [-0.2, -0.15) is 15.9 Å². The van der Waals surface area contributed by atoms with Gasteiger partial charge in [0, 0.05) is 11.3 Å². The average molecular weight is 497 g/mol. The van der Waals surface area contributed by atoms with Crippen molar-refractivity contribution in [3.05, 3.63) is 69.3 Å². The van der Waals surface area contributed by atoms with Gasteiger partial charge in [-0.05, 0) is 43.3 Å².